The summed E-state index contributed by atoms with van der Waals surface area (Å²) in [6, 6.07) is 0. The van der Waals surface area contributed by atoms with Gasteiger partial charge in [-0.05, 0) is 50.7 Å². The van der Waals surface area contributed by atoms with Crippen LogP contribution in [0.5, 0.6) is 0 Å². The molecule has 7 heteroatoms. The molecule has 0 saturated carbocycles. The predicted octanol–water partition coefficient (Wildman–Crippen LogP) is 7.92. The minimum Gasteiger partial charge on any atom is -0.378 e. The topological polar surface area (TPSA) is 53.8 Å². The van der Waals surface area contributed by atoms with Crippen molar-refractivity contribution in [2.75, 3.05) is 6.54 Å². The van der Waals surface area contributed by atoms with Crippen molar-refractivity contribution >= 4 is 17.2 Å². The third-order valence-electron chi connectivity index (χ3n) is 4.34. The first kappa shape index (κ1) is 38.0. The molecule has 1 N–H and O–H groups in total. The fourth-order valence-corrected chi connectivity index (χ4v) is 2.35. The smallest absolute Gasteiger partial charge is 0.282 e. The van der Waals surface area contributed by atoms with Crippen LogP contribution >= 0.6 is 0 Å². The Morgan fingerprint density at radius 2 is 1.78 bits per heavy atom. The van der Waals surface area contributed by atoms with Gasteiger partial charge < -0.3 is 5.32 Å². The normalized spacial score (nSPS) is 12.8. The summed E-state index contributed by atoms with van der Waals surface area (Å²) in [5.74, 6) is -3.44. The molecule has 0 heterocycles. The summed E-state index contributed by atoms with van der Waals surface area (Å²) >= 11 is 0. The molecule has 0 saturated heterocycles. The maximum Gasteiger partial charge on any atom is 0.282 e. The Labute approximate surface area is 222 Å². The second-order valence-electron chi connectivity index (χ2n) is 7.56. The van der Waals surface area contributed by atoms with Crippen molar-refractivity contribution in [3.05, 3.63) is 60.4 Å². The molecule has 0 aromatic carbocycles. The van der Waals surface area contributed by atoms with Gasteiger partial charge >= 0.3 is 0 Å². The Morgan fingerprint density at radius 3 is 2.19 bits per heavy atom. The third kappa shape index (κ3) is 21.4. The molecule has 0 atom stereocenters. The van der Waals surface area contributed by atoms with Crippen molar-refractivity contribution in [1.82, 2.24) is 5.32 Å². The average Bonchev–Trinajstić information content (AvgIpc) is 2.87. The molecule has 4 nitrogen and oxygen atoms in total. The van der Waals surface area contributed by atoms with E-state index in [4.69, 9.17) is 0 Å². The summed E-state index contributed by atoms with van der Waals surface area (Å²) in [5, 5.41) is 3.31. The average molecular weight is 518 g/mol. The first-order chi connectivity index (χ1) is 17.5. The van der Waals surface area contributed by atoms with Crippen LogP contribution in [0.1, 0.15) is 73.6 Å². The maximum atomic E-state index is 13.4. The number of hydrogen-bond donors (Lipinski definition) is 1. The van der Waals surface area contributed by atoms with E-state index in [1.165, 1.54) is 18.7 Å². The van der Waals surface area contributed by atoms with E-state index >= 15 is 0 Å². The van der Waals surface area contributed by atoms with Gasteiger partial charge in [0.05, 0.1) is 29.9 Å². The monoisotopic (exact) mass is 517 g/mol. The van der Waals surface area contributed by atoms with E-state index < -0.39 is 17.5 Å². The number of aliphatic imine (C=N–C) groups is 2. The Hall–Kier alpha value is -3.58. The first-order valence-corrected chi connectivity index (χ1v) is 12.1. The lowest BCUT2D eigenvalue weighted by molar-refractivity contribution is -0.111. The first-order valence-electron chi connectivity index (χ1n) is 12.1. The van der Waals surface area contributed by atoms with E-state index in [-0.39, 0.29) is 5.71 Å². The highest BCUT2D eigenvalue weighted by Gasteiger charge is 2.24. The molecular formula is C30H42F3N3O. The van der Waals surface area contributed by atoms with Crippen LogP contribution in [0.4, 0.5) is 13.2 Å². The number of terminal acetylenes is 2. The molecule has 0 radical (unpaired) electrons. The number of allylic oxidation sites excluding steroid dienone is 5. The van der Waals surface area contributed by atoms with Crippen molar-refractivity contribution < 1.29 is 18.0 Å². The van der Waals surface area contributed by atoms with E-state index in [9.17, 15) is 18.0 Å². The highest BCUT2D eigenvalue weighted by atomic mass is 19.3. The Balaban J connectivity index is -0.00000110. The van der Waals surface area contributed by atoms with Gasteiger partial charge in [-0.1, -0.05) is 58.4 Å². The fraction of sp³-hybridized carbons (Fsp3) is 0.433. The van der Waals surface area contributed by atoms with Crippen LogP contribution in [-0.2, 0) is 4.79 Å². The Kier molecular flexibility index (Phi) is 24.8. The SMILES string of the molecule is C#C.C#CC(=O)C(=C)F.C\C=C/N=C(CNC(/C=C/CCC)=C/N=C(C)C(C)(F)F)\C(=C\CC)CCC. The molecule has 0 aliphatic rings. The van der Waals surface area contributed by atoms with E-state index in [0.717, 1.165) is 44.7 Å². The lowest BCUT2D eigenvalue weighted by Crippen LogP contribution is -2.24. The zero-order valence-electron chi connectivity index (χ0n) is 23.1. The minimum atomic E-state index is -2.93. The van der Waals surface area contributed by atoms with Gasteiger partial charge in [0, 0.05) is 13.1 Å². The molecule has 0 amide bonds. The van der Waals surface area contributed by atoms with Crippen molar-refractivity contribution in [1.29, 1.82) is 0 Å². The van der Waals surface area contributed by atoms with E-state index in [0.29, 0.717) is 12.2 Å². The van der Waals surface area contributed by atoms with E-state index in [1.54, 1.807) is 12.1 Å². The van der Waals surface area contributed by atoms with E-state index in [1.807, 2.05) is 25.2 Å². The van der Waals surface area contributed by atoms with Crippen LogP contribution in [0.15, 0.2) is 70.4 Å². The zero-order valence-corrected chi connectivity index (χ0v) is 23.1. The largest absolute Gasteiger partial charge is 0.378 e. The zero-order chi connectivity index (χ0) is 29.3. The van der Waals surface area contributed by atoms with Crippen molar-refractivity contribution in [2.45, 2.75) is 79.6 Å². The minimum absolute atomic E-state index is 0.212. The third-order valence-corrected chi connectivity index (χ3v) is 4.34. The number of ketones is 1. The molecule has 0 aliphatic heterocycles. The van der Waals surface area contributed by atoms with Gasteiger partial charge in [0.2, 0.25) is 0 Å². The highest BCUT2D eigenvalue weighted by molar-refractivity contribution is 6.06. The summed E-state index contributed by atoms with van der Waals surface area (Å²) in [7, 11) is 0. The number of nitrogens with zero attached hydrogens (tertiary/aromatic N) is 2. The standard InChI is InChI=1S/C23H37F2N3.C5H3FO.C2H2/c1-7-11-12-15-21(17-27-19(5)23(6,24)25)28-18-22(26-16-10-4)20(13-8-2)14-9-3;1-3-5(7)4(2)6;1-2/h10,12-13,15-17,28H,7-9,11,14,18H2,1-6H3;1H,2H2;1-2H/b15-12+,16-10-,20-13+,21-17+,26-22-,27-19?;;. The van der Waals surface area contributed by atoms with Crippen molar-refractivity contribution in [3.63, 3.8) is 0 Å². The van der Waals surface area contributed by atoms with Crippen LogP contribution in [-0.4, -0.2) is 29.7 Å². The number of hydrogen-bond acceptors (Lipinski definition) is 4. The Morgan fingerprint density at radius 1 is 1.16 bits per heavy atom. The summed E-state index contributed by atoms with van der Waals surface area (Å²) in [6.45, 7) is 13.6. The van der Waals surface area contributed by atoms with Gasteiger partial charge in [-0.25, -0.2) is 13.2 Å². The number of alkyl halides is 2. The molecular weight excluding hydrogens is 475 g/mol. The lowest BCUT2D eigenvalue weighted by atomic mass is 10.0. The van der Waals surface area contributed by atoms with Crippen LogP contribution in [0, 0.1) is 25.2 Å². The second kappa shape index (κ2) is 24.1. The number of nitrogens with one attached hydrogen (secondary N) is 1. The van der Waals surface area contributed by atoms with Gasteiger partial charge in [0.1, 0.15) is 0 Å². The van der Waals surface area contributed by atoms with Gasteiger partial charge in [-0.15, -0.1) is 19.3 Å². The second-order valence-corrected chi connectivity index (χ2v) is 7.56. The Bertz CT molecular complexity index is 922. The fourth-order valence-electron chi connectivity index (χ4n) is 2.35. The van der Waals surface area contributed by atoms with Crippen LogP contribution in [0.2, 0.25) is 0 Å². The van der Waals surface area contributed by atoms with E-state index in [2.05, 4.69) is 68.0 Å². The number of rotatable bonds is 14. The van der Waals surface area contributed by atoms with Crippen molar-refractivity contribution in [3.8, 4) is 25.2 Å². The molecule has 204 valence electrons. The van der Waals surface area contributed by atoms with Crippen LogP contribution in [0.3, 0.4) is 0 Å². The summed E-state index contributed by atoms with van der Waals surface area (Å²) < 4.78 is 38.1. The summed E-state index contributed by atoms with van der Waals surface area (Å²) in [4.78, 5) is 18.3. The molecule has 0 spiro atoms. The van der Waals surface area contributed by atoms with Crippen LogP contribution in [0.25, 0.3) is 0 Å². The van der Waals surface area contributed by atoms with Crippen molar-refractivity contribution in [2.24, 2.45) is 9.98 Å². The number of carbonyl (C=O) groups excluding carboxylic acids is 1. The van der Waals surface area contributed by atoms with Gasteiger partial charge in [0.25, 0.3) is 11.7 Å². The molecule has 0 aromatic heterocycles. The number of carbonyl (C=O) groups is 1. The van der Waals surface area contributed by atoms with Gasteiger partial charge in [-0.3, -0.25) is 14.8 Å². The molecule has 37 heavy (non-hydrogen) atoms. The van der Waals surface area contributed by atoms with Gasteiger partial charge in [-0.2, -0.15) is 0 Å². The molecule has 0 bridgehead atoms. The number of unbranched alkanes of at least 4 members (excludes halogenated alkanes) is 1. The number of Topliss-reactive ketones (excluding diaryl/α,β-unsaturated/α-hetero) is 1. The highest BCUT2D eigenvalue weighted by Crippen LogP contribution is 2.14. The summed E-state index contributed by atoms with van der Waals surface area (Å²) in [6.07, 6.45) is 28.6. The maximum absolute atomic E-state index is 13.4. The quantitative estimate of drug-likeness (QED) is 0.0836. The van der Waals surface area contributed by atoms with Crippen LogP contribution < -0.4 is 5.32 Å². The van der Waals surface area contributed by atoms with Gasteiger partial charge in [0.15, 0.2) is 5.83 Å². The number of halogens is 3. The molecule has 0 unspecified atom stereocenters. The predicted molar refractivity (Wildman–Crippen MR) is 153 cm³/mol. The molecule has 0 fully saturated rings. The summed E-state index contributed by atoms with van der Waals surface area (Å²) in [5.41, 5.74) is 2.65. The lowest BCUT2D eigenvalue weighted by Gasteiger charge is -2.13. The molecule has 0 aromatic rings. The molecule has 0 aliphatic carbocycles. The molecule has 0 rings (SSSR count).